The molecule has 0 spiro atoms. The van der Waals surface area contributed by atoms with Gasteiger partial charge in [0.15, 0.2) is 0 Å². The lowest BCUT2D eigenvalue weighted by atomic mass is 10.2. The predicted molar refractivity (Wildman–Crippen MR) is 46.4 cm³/mol. The van der Waals surface area contributed by atoms with Gasteiger partial charge in [-0.25, -0.2) is 0 Å². The van der Waals surface area contributed by atoms with Gasteiger partial charge in [-0.3, -0.25) is 0 Å². The lowest BCUT2D eigenvalue weighted by molar-refractivity contribution is -0.0266. The summed E-state index contributed by atoms with van der Waals surface area (Å²) in [5, 5.41) is 26.5. The summed E-state index contributed by atoms with van der Waals surface area (Å²) in [6.07, 6.45) is -0.650. The molecule has 0 aromatic carbocycles. The molecule has 0 saturated carbocycles. The molecule has 0 aliphatic rings. The van der Waals surface area contributed by atoms with Crippen LogP contribution in [-0.2, 0) is 9.47 Å². The summed E-state index contributed by atoms with van der Waals surface area (Å²) >= 11 is 0. The van der Waals surface area contributed by atoms with E-state index in [-0.39, 0.29) is 39.0 Å². The minimum absolute atomic E-state index is 0.114. The Kier molecular flexibility index (Phi) is 8.27. The number of hydrogen-bond donors (Lipinski definition) is 3. The van der Waals surface area contributed by atoms with E-state index in [1.165, 1.54) is 7.11 Å². The SMILES string of the molecule is COCC(O)COCC(CO)CO. The van der Waals surface area contributed by atoms with E-state index in [0.717, 1.165) is 0 Å². The van der Waals surface area contributed by atoms with Gasteiger partial charge >= 0.3 is 0 Å². The molecule has 3 N–H and O–H groups in total. The first-order valence-electron chi connectivity index (χ1n) is 4.21. The molecule has 0 rings (SSSR count). The fourth-order valence-electron chi connectivity index (χ4n) is 0.774. The van der Waals surface area contributed by atoms with Crippen molar-refractivity contribution >= 4 is 0 Å². The Bertz CT molecular complexity index is 105. The van der Waals surface area contributed by atoms with Crippen molar-refractivity contribution < 1.29 is 24.8 Å². The minimum Gasteiger partial charge on any atom is -0.396 e. The van der Waals surface area contributed by atoms with Crippen LogP contribution in [0.15, 0.2) is 0 Å². The molecule has 0 saturated heterocycles. The molecule has 0 radical (unpaired) electrons. The standard InChI is InChI=1S/C8H18O5/c1-12-5-8(11)6-13-4-7(2-9)3-10/h7-11H,2-6H2,1H3. The van der Waals surface area contributed by atoms with Crippen LogP contribution in [0, 0.1) is 5.92 Å². The first-order valence-corrected chi connectivity index (χ1v) is 4.21. The molecule has 5 nitrogen and oxygen atoms in total. The summed E-state index contributed by atoms with van der Waals surface area (Å²) in [6, 6.07) is 0. The zero-order valence-corrected chi connectivity index (χ0v) is 7.85. The third-order valence-corrected chi connectivity index (χ3v) is 1.54. The van der Waals surface area contributed by atoms with E-state index in [2.05, 4.69) is 4.74 Å². The average molecular weight is 194 g/mol. The van der Waals surface area contributed by atoms with Gasteiger partial charge in [-0.1, -0.05) is 0 Å². The number of aliphatic hydroxyl groups excluding tert-OH is 3. The first-order chi connectivity index (χ1) is 6.24. The van der Waals surface area contributed by atoms with Gasteiger partial charge in [0.1, 0.15) is 6.10 Å². The van der Waals surface area contributed by atoms with E-state index in [1.54, 1.807) is 0 Å². The fourth-order valence-corrected chi connectivity index (χ4v) is 0.774. The second-order valence-corrected chi connectivity index (χ2v) is 2.88. The van der Waals surface area contributed by atoms with Crippen molar-refractivity contribution in [2.24, 2.45) is 5.92 Å². The highest BCUT2D eigenvalue weighted by Gasteiger charge is 2.08. The normalized spacial score (nSPS) is 13.6. The molecule has 13 heavy (non-hydrogen) atoms. The highest BCUT2D eigenvalue weighted by molar-refractivity contribution is 4.55. The van der Waals surface area contributed by atoms with Crippen molar-refractivity contribution in [1.82, 2.24) is 0 Å². The van der Waals surface area contributed by atoms with Crippen LogP contribution in [0.2, 0.25) is 0 Å². The van der Waals surface area contributed by atoms with Crippen molar-refractivity contribution in [2.75, 3.05) is 40.1 Å². The minimum atomic E-state index is -0.650. The molecule has 0 aromatic heterocycles. The second-order valence-electron chi connectivity index (χ2n) is 2.88. The van der Waals surface area contributed by atoms with Crippen molar-refractivity contribution in [2.45, 2.75) is 6.10 Å². The van der Waals surface area contributed by atoms with Crippen molar-refractivity contribution in [1.29, 1.82) is 0 Å². The van der Waals surface area contributed by atoms with Crippen LogP contribution in [0.3, 0.4) is 0 Å². The van der Waals surface area contributed by atoms with Gasteiger partial charge in [0, 0.05) is 13.0 Å². The zero-order valence-electron chi connectivity index (χ0n) is 7.85. The Morgan fingerprint density at radius 3 is 2.15 bits per heavy atom. The molecule has 1 unspecified atom stereocenters. The number of hydrogen-bond acceptors (Lipinski definition) is 5. The van der Waals surface area contributed by atoms with Crippen LogP contribution in [0.1, 0.15) is 0 Å². The Morgan fingerprint density at radius 1 is 1.08 bits per heavy atom. The number of ether oxygens (including phenoxy) is 2. The van der Waals surface area contributed by atoms with Gasteiger partial charge in [-0.15, -0.1) is 0 Å². The van der Waals surface area contributed by atoms with Gasteiger partial charge < -0.3 is 24.8 Å². The Labute approximate surface area is 77.9 Å². The van der Waals surface area contributed by atoms with E-state index < -0.39 is 6.10 Å². The highest BCUT2D eigenvalue weighted by atomic mass is 16.5. The highest BCUT2D eigenvalue weighted by Crippen LogP contribution is 1.95. The van der Waals surface area contributed by atoms with E-state index in [0.29, 0.717) is 0 Å². The summed E-state index contributed by atoms with van der Waals surface area (Å²) in [5.41, 5.74) is 0. The summed E-state index contributed by atoms with van der Waals surface area (Å²) < 4.78 is 9.73. The predicted octanol–water partition coefficient (Wildman–Crippen LogP) is -1.39. The summed E-state index contributed by atoms with van der Waals surface area (Å²) in [4.78, 5) is 0. The van der Waals surface area contributed by atoms with Crippen LogP contribution in [0.25, 0.3) is 0 Å². The molecule has 80 valence electrons. The molecular formula is C8H18O5. The molecular weight excluding hydrogens is 176 g/mol. The van der Waals surface area contributed by atoms with E-state index >= 15 is 0 Å². The van der Waals surface area contributed by atoms with Crippen molar-refractivity contribution in [3.63, 3.8) is 0 Å². The quantitative estimate of drug-likeness (QED) is 0.443. The van der Waals surface area contributed by atoms with Crippen LogP contribution >= 0.6 is 0 Å². The van der Waals surface area contributed by atoms with Crippen LogP contribution < -0.4 is 0 Å². The van der Waals surface area contributed by atoms with E-state index in [4.69, 9.17) is 20.1 Å². The van der Waals surface area contributed by atoms with Gasteiger partial charge in [0.05, 0.1) is 33.0 Å². The van der Waals surface area contributed by atoms with E-state index in [1.807, 2.05) is 0 Å². The van der Waals surface area contributed by atoms with Gasteiger partial charge in [0.25, 0.3) is 0 Å². The van der Waals surface area contributed by atoms with E-state index in [9.17, 15) is 0 Å². The topological polar surface area (TPSA) is 79.2 Å². The summed E-state index contributed by atoms with van der Waals surface area (Å²) in [5.74, 6) is -0.269. The van der Waals surface area contributed by atoms with Crippen LogP contribution in [0.4, 0.5) is 0 Å². The van der Waals surface area contributed by atoms with Gasteiger partial charge in [0.2, 0.25) is 0 Å². The summed E-state index contributed by atoms with van der Waals surface area (Å²) in [7, 11) is 1.49. The molecule has 0 heterocycles. The maximum atomic E-state index is 9.13. The zero-order chi connectivity index (χ0) is 10.1. The second kappa shape index (κ2) is 8.40. The molecule has 5 heteroatoms. The van der Waals surface area contributed by atoms with Crippen molar-refractivity contribution in [3.8, 4) is 0 Å². The summed E-state index contributed by atoms with van der Waals surface area (Å²) in [6.45, 7) is 0.398. The maximum absolute atomic E-state index is 9.13. The lowest BCUT2D eigenvalue weighted by Crippen LogP contribution is -2.25. The molecule has 0 aliphatic heterocycles. The van der Waals surface area contributed by atoms with Gasteiger partial charge in [-0.05, 0) is 0 Å². The molecule has 0 bridgehead atoms. The molecule has 0 amide bonds. The third-order valence-electron chi connectivity index (χ3n) is 1.54. The number of methoxy groups -OCH3 is 1. The monoisotopic (exact) mass is 194 g/mol. The van der Waals surface area contributed by atoms with Crippen molar-refractivity contribution in [3.05, 3.63) is 0 Å². The molecule has 0 aromatic rings. The van der Waals surface area contributed by atoms with Crippen LogP contribution in [0.5, 0.6) is 0 Å². The Morgan fingerprint density at radius 2 is 1.69 bits per heavy atom. The average Bonchev–Trinajstić information content (AvgIpc) is 2.13. The fraction of sp³-hybridized carbons (Fsp3) is 1.00. The first kappa shape index (κ1) is 12.8. The molecule has 0 aliphatic carbocycles. The largest absolute Gasteiger partial charge is 0.396 e. The Hall–Kier alpha value is -0.200. The lowest BCUT2D eigenvalue weighted by Gasteiger charge is -2.13. The maximum Gasteiger partial charge on any atom is 0.101 e. The van der Waals surface area contributed by atoms with Gasteiger partial charge in [-0.2, -0.15) is 0 Å². The number of rotatable bonds is 8. The van der Waals surface area contributed by atoms with Crippen LogP contribution in [-0.4, -0.2) is 61.6 Å². The molecule has 1 atom stereocenters. The molecule has 0 fully saturated rings. The smallest absolute Gasteiger partial charge is 0.101 e. The third kappa shape index (κ3) is 6.92. The Balaban J connectivity index is 3.32. The number of aliphatic hydroxyl groups is 3.